The number of imidazole rings is 1. The highest BCUT2D eigenvalue weighted by Gasteiger charge is 2.27. The lowest BCUT2D eigenvalue weighted by atomic mass is 9.97. The zero-order chi connectivity index (χ0) is 21.8. The van der Waals surface area contributed by atoms with E-state index in [9.17, 15) is 4.79 Å². The summed E-state index contributed by atoms with van der Waals surface area (Å²) >= 11 is 0. The SMILES string of the molecule is O=C(Nc1cc(N2CCCCC2)ncn1)C1CCCN(c2cc(-n3ccnc3)ncn2)C1. The van der Waals surface area contributed by atoms with Crippen LogP contribution in [-0.4, -0.2) is 61.6 Å². The van der Waals surface area contributed by atoms with Gasteiger partial charge in [0.25, 0.3) is 0 Å². The first-order valence-electron chi connectivity index (χ1n) is 11.2. The molecule has 1 N–H and O–H groups in total. The lowest BCUT2D eigenvalue weighted by Crippen LogP contribution is -2.41. The highest BCUT2D eigenvalue weighted by molar-refractivity contribution is 5.92. The molecule has 3 aromatic rings. The predicted molar refractivity (Wildman–Crippen MR) is 121 cm³/mol. The van der Waals surface area contributed by atoms with E-state index in [-0.39, 0.29) is 11.8 Å². The van der Waals surface area contributed by atoms with E-state index >= 15 is 0 Å². The molecule has 1 atom stereocenters. The Morgan fingerprint density at radius 2 is 1.62 bits per heavy atom. The van der Waals surface area contributed by atoms with E-state index in [1.54, 1.807) is 18.9 Å². The van der Waals surface area contributed by atoms with Gasteiger partial charge in [0.1, 0.15) is 42.3 Å². The predicted octanol–water partition coefficient (Wildman–Crippen LogP) is 2.30. The zero-order valence-corrected chi connectivity index (χ0v) is 18.0. The molecule has 0 bridgehead atoms. The van der Waals surface area contributed by atoms with Crippen LogP contribution in [0.25, 0.3) is 5.82 Å². The smallest absolute Gasteiger partial charge is 0.230 e. The Balaban J connectivity index is 1.25. The first kappa shape index (κ1) is 20.3. The van der Waals surface area contributed by atoms with Gasteiger partial charge in [-0.3, -0.25) is 9.36 Å². The molecule has 32 heavy (non-hydrogen) atoms. The van der Waals surface area contributed by atoms with E-state index in [0.29, 0.717) is 12.4 Å². The van der Waals surface area contributed by atoms with Crippen LogP contribution >= 0.6 is 0 Å². The van der Waals surface area contributed by atoms with Gasteiger partial charge in [-0.05, 0) is 32.1 Å². The fourth-order valence-electron chi connectivity index (χ4n) is 4.38. The zero-order valence-electron chi connectivity index (χ0n) is 18.0. The number of carbonyl (C=O) groups excluding carboxylic acids is 1. The molecule has 1 unspecified atom stereocenters. The number of anilines is 3. The van der Waals surface area contributed by atoms with Crippen molar-refractivity contribution < 1.29 is 4.79 Å². The maximum absolute atomic E-state index is 13.0. The molecule has 5 rings (SSSR count). The third kappa shape index (κ3) is 4.53. The molecular weight excluding hydrogens is 406 g/mol. The molecule has 0 aromatic carbocycles. The molecule has 0 radical (unpaired) electrons. The van der Waals surface area contributed by atoms with Crippen molar-refractivity contribution >= 4 is 23.4 Å². The van der Waals surface area contributed by atoms with Gasteiger partial charge in [-0.25, -0.2) is 24.9 Å². The first-order valence-corrected chi connectivity index (χ1v) is 11.2. The van der Waals surface area contributed by atoms with E-state index in [2.05, 4.69) is 40.0 Å². The van der Waals surface area contributed by atoms with Crippen molar-refractivity contribution in [1.29, 1.82) is 0 Å². The van der Waals surface area contributed by atoms with E-state index in [1.807, 2.05) is 22.9 Å². The summed E-state index contributed by atoms with van der Waals surface area (Å²) in [5, 5.41) is 3.01. The average Bonchev–Trinajstić information content (AvgIpc) is 3.40. The standard InChI is InChI=1S/C22H27N9O/c32-22(28-18-11-19(25-14-24-18)29-7-2-1-3-8-29)17-5-4-9-30(13-17)20-12-21(27-15-26-20)31-10-6-23-16-31/h6,10-12,14-17H,1-5,7-9,13H2,(H,24,25,28,32). The highest BCUT2D eigenvalue weighted by atomic mass is 16.2. The summed E-state index contributed by atoms with van der Waals surface area (Å²) < 4.78 is 1.84. The van der Waals surface area contributed by atoms with E-state index in [1.165, 1.54) is 25.6 Å². The van der Waals surface area contributed by atoms with Crippen LogP contribution in [0.4, 0.5) is 17.5 Å². The normalized spacial score (nSPS) is 19.1. The van der Waals surface area contributed by atoms with Crippen molar-refractivity contribution in [3.63, 3.8) is 0 Å². The molecule has 2 aliphatic heterocycles. The number of hydrogen-bond acceptors (Lipinski definition) is 8. The Kier molecular flexibility index (Phi) is 5.91. The van der Waals surface area contributed by atoms with Gasteiger partial charge in [0, 0.05) is 50.7 Å². The van der Waals surface area contributed by atoms with Crippen LogP contribution in [-0.2, 0) is 4.79 Å². The number of amides is 1. The summed E-state index contributed by atoms with van der Waals surface area (Å²) in [6.45, 7) is 3.47. The molecule has 2 saturated heterocycles. The molecule has 0 spiro atoms. The van der Waals surface area contributed by atoms with Crippen molar-refractivity contribution in [3.05, 3.63) is 43.5 Å². The largest absolute Gasteiger partial charge is 0.356 e. The molecule has 10 nitrogen and oxygen atoms in total. The maximum Gasteiger partial charge on any atom is 0.230 e. The van der Waals surface area contributed by atoms with Gasteiger partial charge in [0.05, 0.1) is 5.92 Å². The van der Waals surface area contributed by atoms with Gasteiger partial charge in [0.2, 0.25) is 5.91 Å². The second-order valence-corrected chi connectivity index (χ2v) is 8.29. The minimum Gasteiger partial charge on any atom is -0.356 e. The fraction of sp³-hybridized carbons (Fsp3) is 0.455. The summed E-state index contributed by atoms with van der Waals surface area (Å²) in [6, 6.07) is 3.81. The van der Waals surface area contributed by atoms with E-state index in [0.717, 1.165) is 49.9 Å². The molecule has 2 aliphatic rings. The van der Waals surface area contributed by atoms with Crippen LogP contribution in [0.1, 0.15) is 32.1 Å². The molecule has 5 heterocycles. The second kappa shape index (κ2) is 9.29. The average molecular weight is 434 g/mol. The monoisotopic (exact) mass is 433 g/mol. The number of nitrogens with zero attached hydrogens (tertiary/aromatic N) is 8. The summed E-state index contributed by atoms with van der Waals surface area (Å²) in [4.78, 5) is 38.9. The van der Waals surface area contributed by atoms with Crippen molar-refractivity contribution in [2.75, 3.05) is 41.3 Å². The van der Waals surface area contributed by atoms with Crippen LogP contribution in [0.2, 0.25) is 0 Å². The topological polar surface area (TPSA) is 105 Å². The van der Waals surface area contributed by atoms with Crippen molar-refractivity contribution in [2.24, 2.45) is 5.92 Å². The lowest BCUT2D eigenvalue weighted by Gasteiger charge is -2.33. The first-order chi connectivity index (χ1) is 15.8. The number of nitrogens with one attached hydrogen (secondary N) is 1. The molecule has 10 heteroatoms. The molecule has 2 fully saturated rings. The molecule has 1 amide bonds. The molecular formula is C22H27N9O. The fourth-order valence-corrected chi connectivity index (χ4v) is 4.38. The summed E-state index contributed by atoms with van der Waals surface area (Å²) in [5.41, 5.74) is 0. The van der Waals surface area contributed by atoms with Crippen molar-refractivity contribution in [3.8, 4) is 5.82 Å². The van der Waals surface area contributed by atoms with E-state index in [4.69, 9.17) is 0 Å². The number of piperidine rings is 2. The number of carbonyl (C=O) groups is 1. The van der Waals surface area contributed by atoms with Crippen LogP contribution < -0.4 is 15.1 Å². The molecule has 0 saturated carbocycles. The van der Waals surface area contributed by atoms with Gasteiger partial charge >= 0.3 is 0 Å². The number of aromatic nitrogens is 6. The maximum atomic E-state index is 13.0. The summed E-state index contributed by atoms with van der Waals surface area (Å²) in [5.74, 6) is 2.87. The minimum absolute atomic E-state index is 0.0121. The van der Waals surface area contributed by atoms with Crippen molar-refractivity contribution in [2.45, 2.75) is 32.1 Å². The van der Waals surface area contributed by atoms with Gasteiger partial charge in [0.15, 0.2) is 0 Å². The van der Waals surface area contributed by atoms with Gasteiger partial charge < -0.3 is 15.1 Å². The van der Waals surface area contributed by atoms with Crippen LogP contribution in [0.3, 0.4) is 0 Å². The Morgan fingerprint density at radius 1 is 0.875 bits per heavy atom. The van der Waals surface area contributed by atoms with Gasteiger partial charge in [-0.2, -0.15) is 0 Å². The van der Waals surface area contributed by atoms with Crippen LogP contribution in [0, 0.1) is 5.92 Å². The van der Waals surface area contributed by atoms with Crippen LogP contribution in [0.15, 0.2) is 43.5 Å². The van der Waals surface area contributed by atoms with Crippen molar-refractivity contribution in [1.82, 2.24) is 29.5 Å². The summed E-state index contributed by atoms with van der Waals surface area (Å²) in [6.07, 6.45) is 13.7. The Morgan fingerprint density at radius 3 is 2.44 bits per heavy atom. The quantitative estimate of drug-likeness (QED) is 0.654. The lowest BCUT2D eigenvalue weighted by molar-refractivity contribution is -0.120. The molecule has 0 aliphatic carbocycles. The number of rotatable bonds is 5. The van der Waals surface area contributed by atoms with E-state index < -0.39 is 0 Å². The Bertz CT molecular complexity index is 1050. The Hall–Kier alpha value is -3.56. The Labute approximate surface area is 186 Å². The number of hydrogen-bond donors (Lipinski definition) is 1. The summed E-state index contributed by atoms with van der Waals surface area (Å²) in [7, 11) is 0. The minimum atomic E-state index is -0.135. The highest BCUT2D eigenvalue weighted by Crippen LogP contribution is 2.24. The van der Waals surface area contributed by atoms with Crippen LogP contribution in [0.5, 0.6) is 0 Å². The third-order valence-electron chi connectivity index (χ3n) is 6.11. The van der Waals surface area contributed by atoms with Gasteiger partial charge in [-0.1, -0.05) is 0 Å². The third-order valence-corrected chi connectivity index (χ3v) is 6.11. The van der Waals surface area contributed by atoms with Gasteiger partial charge in [-0.15, -0.1) is 0 Å². The second-order valence-electron chi connectivity index (χ2n) is 8.29. The molecule has 166 valence electrons. The molecule has 3 aromatic heterocycles.